The van der Waals surface area contributed by atoms with Gasteiger partial charge in [0.1, 0.15) is 0 Å². The number of allylic oxidation sites excluding steroid dienone is 4. The van der Waals surface area contributed by atoms with Gasteiger partial charge in [0.05, 0.1) is 0 Å². The summed E-state index contributed by atoms with van der Waals surface area (Å²) < 4.78 is 0. The topological polar surface area (TPSA) is 0 Å². The van der Waals surface area contributed by atoms with Gasteiger partial charge >= 0.3 is 0 Å². The van der Waals surface area contributed by atoms with Crippen LogP contribution in [0.2, 0.25) is 25.3 Å². The molecule has 1 atom stereocenters. The molecular weight excluding hydrogens is 186 g/mol. The Hall–Kier alpha value is -0.545. The monoisotopic (exact) mass is 210 g/mol. The fourth-order valence-electron chi connectivity index (χ4n) is 1.99. The van der Waals surface area contributed by atoms with Gasteiger partial charge in [-0.15, -0.1) is 50.6 Å². The molecule has 0 aromatic rings. The third-order valence-electron chi connectivity index (χ3n) is 2.67. The lowest BCUT2D eigenvalue weighted by atomic mass is 9.18. The number of hydrogen-bond donors (Lipinski definition) is 0. The molecule has 0 rings (SSSR count). The summed E-state index contributed by atoms with van der Waals surface area (Å²) in [4.78, 5) is 0. The minimum Gasteiger partial charge on any atom is -0.159 e. The Morgan fingerprint density at radius 1 is 0.643 bits per heavy atom. The summed E-state index contributed by atoms with van der Waals surface area (Å²) in [6.45, 7) is 15.2. The van der Waals surface area contributed by atoms with E-state index < -0.39 is 6.15 Å². The van der Waals surface area contributed by atoms with Gasteiger partial charge in [-0.25, -0.2) is 0 Å². The van der Waals surface area contributed by atoms with E-state index in [2.05, 4.69) is 26.3 Å². The molecule has 0 bridgehead atoms. The highest BCUT2D eigenvalue weighted by Crippen LogP contribution is 2.27. The molecule has 2 heteroatoms. The highest BCUT2D eigenvalue weighted by molar-refractivity contribution is 6.92. The average Bonchev–Trinajstić information content (AvgIpc) is 2.06. The van der Waals surface area contributed by atoms with E-state index in [4.69, 9.17) is 0 Å². The standard InChI is InChI=1S/C12H20B.H3P/c1-5-9-13(10-6-2,11-7-3)12-8-4;/h5-8H,1-4,9-12H2;1H3/q-1;/p+1. The molecule has 0 saturated heterocycles. The average molecular weight is 210 g/mol. The molecule has 0 saturated carbocycles. The lowest BCUT2D eigenvalue weighted by molar-refractivity contribution is 1.30. The molecule has 0 radical (unpaired) electrons. The largest absolute Gasteiger partial charge is 0.159 e. The Labute approximate surface area is 92.4 Å². The van der Waals surface area contributed by atoms with Crippen molar-refractivity contribution in [2.24, 2.45) is 0 Å². The van der Waals surface area contributed by atoms with Gasteiger partial charge in [0.15, 0.2) is 0 Å². The van der Waals surface area contributed by atoms with Crippen LogP contribution in [0.3, 0.4) is 0 Å². The molecule has 0 spiro atoms. The van der Waals surface area contributed by atoms with E-state index in [1.165, 1.54) is 0 Å². The summed E-state index contributed by atoms with van der Waals surface area (Å²) in [6, 6.07) is 0. The number of rotatable bonds is 8. The van der Waals surface area contributed by atoms with Gasteiger partial charge in [-0.1, -0.05) is 0 Å². The normalized spacial score (nSPS) is 9.71. The van der Waals surface area contributed by atoms with E-state index >= 15 is 0 Å². The molecule has 0 amide bonds. The van der Waals surface area contributed by atoms with Crippen molar-refractivity contribution in [1.82, 2.24) is 0 Å². The van der Waals surface area contributed by atoms with Crippen LogP contribution in [0, 0.1) is 0 Å². The van der Waals surface area contributed by atoms with Gasteiger partial charge in [-0.05, 0) is 9.90 Å². The van der Waals surface area contributed by atoms with Gasteiger partial charge in [0, 0.05) is 6.15 Å². The van der Waals surface area contributed by atoms with Crippen molar-refractivity contribution in [3.8, 4) is 0 Å². The van der Waals surface area contributed by atoms with Crippen LogP contribution in [0.15, 0.2) is 50.6 Å². The Kier molecular flexibility index (Phi) is 10.3. The van der Waals surface area contributed by atoms with Crippen LogP contribution < -0.4 is 0 Å². The summed E-state index contributed by atoms with van der Waals surface area (Å²) >= 11 is 0. The minimum absolute atomic E-state index is 0. The van der Waals surface area contributed by atoms with E-state index in [0.29, 0.717) is 0 Å². The molecule has 80 valence electrons. The van der Waals surface area contributed by atoms with Crippen LogP contribution in [-0.2, 0) is 0 Å². The maximum Gasteiger partial charge on any atom is 0.0160 e. The SMILES string of the molecule is C=CC[B-](CC=C)(CC=C)CC=C.[PH4+]. The second kappa shape index (κ2) is 9.03. The molecular formula is C12H24BP. The van der Waals surface area contributed by atoms with Crippen molar-refractivity contribution in [2.45, 2.75) is 25.3 Å². The highest BCUT2D eigenvalue weighted by Gasteiger charge is 2.18. The number of hydrogen-bond acceptors (Lipinski definition) is 0. The van der Waals surface area contributed by atoms with Crippen molar-refractivity contribution in [3.05, 3.63) is 50.6 Å². The molecule has 0 aromatic carbocycles. The fourth-order valence-corrected chi connectivity index (χ4v) is 1.99. The van der Waals surface area contributed by atoms with Gasteiger partial charge in [-0.3, -0.25) is 0 Å². The van der Waals surface area contributed by atoms with Crippen molar-refractivity contribution >= 4 is 16.0 Å². The second-order valence-electron chi connectivity index (χ2n) is 3.83. The summed E-state index contributed by atoms with van der Waals surface area (Å²) in [6.07, 6.45) is 11.8. The fraction of sp³-hybridized carbons (Fsp3) is 0.333. The first-order chi connectivity index (χ1) is 6.24. The van der Waals surface area contributed by atoms with Crippen LogP contribution in [0.4, 0.5) is 0 Å². The first-order valence-electron chi connectivity index (χ1n) is 4.90. The summed E-state index contributed by atoms with van der Waals surface area (Å²) in [5.41, 5.74) is 0. The summed E-state index contributed by atoms with van der Waals surface area (Å²) in [7, 11) is 0. The van der Waals surface area contributed by atoms with Crippen LogP contribution in [-0.4, -0.2) is 6.15 Å². The third-order valence-corrected chi connectivity index (χ3v) is 2.67. The zero-order chi connectivity index (χ0) is 10.2. The van der Waals surface area contributed by atoms with E-state index in [-0.39, 0.29) is 9.90 Å². The molecule has 0 N–H and O–H groups in total. The maximum absolute atomic E-state index is 3.80. The first kappa shape index (κ1) is 15.9. The molecule has 0 nitrogen and oxygen atoms in total. The van der Waals surface area contributed by atoms with E-state index in [1.807, 2.05) is 24.3 Å². The lowest BCUT2D eigenvalue weighted by Crippen LogP contribution is -2.30. The summed E-state index contributed by atoms with van der Waals surface area (Å²) in [5.74, 6) is 0. The van der Waals surface area contributed by atoms with E-state index in [9.17, 15) is 0 Å². The van der Waals surface area contributed by atoms with E-state index in [1.54, 1.807) is 0 Å². The Balaban J connectivity index is 0. The maximum atomic E-state index is 3.80. The van der Waals surface area contributed by atoms with Crippen LogP contribution in [0.5, 0.6) is 0 Å². The van der Waals surface area contributed by atoms with Crippen LogP contribution in [0.1, 0.15) is 0 Å². The molecule has 0 aliphatic carbocycles. The second-order valence-corrected chi connectivity index (χ2v) is 3.83. The molecule has 1 unspecified atom stereocenters. The van der Waals surface area contributed by atoms with Gasteiger partial charge in [0.25, 0.3) is 0 Å². The Bertz CT molecular complexity index is 151. The van der Waals surface area contributed by atoms with Crippen molar-refractivity contribution in [2.75, 3.05) is 0 Å². The molecule has 0 aromatic heterocycles. The molecule has 0 heterocycles. The van der Waals surface area contributed by atoms with E-state index in [0.717, 1.165) is 25.3 Å². The lowest BCUT2D eigenvalue weighted by Gasteiger charge is -2.35. The minimum atomic E-state index is -0.444. The molecule has 0 aliphatic heterocycles. The zero-order valence-electron chi connectivity index (χ0n) is 9.54. The van der Waals surface area contributed by atoms with Gasteiger partial charge in [-0.2, -0.15) is 25.3 Å². The third kappa shape index (κ3) is 5.24. The Morgan fingerprint density at radius 2 is 0.857 bits per heavy atom. The van der Waals surface area contributed by atoms with Gasteiger partial charge in [0.2, 0.25) is 0 Å². The predicted octanol–water partition coefficient (Wildman–Crippen LogP) is 3.97. The predicted molar refractivity (Wildman–Crippen MR) is 78.3 cm³/mol. The highest BCUT2D eigenvalue weighted by atomic mass is 31.0. The molecule has 0 aliphatic rings. The molecule has 0 fully saturated rings. The van der Waals surface area contributed by atoms with Gasteiger partial charge < -0.3 is 0 Å². The molecule has 14 heavy (non-hydrogen) atoms. The van der Waals surface area contributed by atoms with Crippen LogP contribution >= 0.6 is 9.90 Å². The van der Waals surface area contributed by atoms with Crippen LogP contribution in [0.25, 0.3) is 0 Å². The van der Waals surface area contributed by atoms with Crippen molar-refractivity contribution < 1.29 is 0 Å². The summed E-state index contributed by atoms with van der Waals surface area (Å²) in [5, 5.41) is 0. The zero-order valence-corrected chi connectivity index (χ0v) is 11.5. The van der Waals surface area contributed by atoms with Crippen molar-refractivity contribution in [3.63, 3.8) is 0 Å². The van der Waals surface area contributed by atoms with Crippen molar-refractivity contribution in [1.29, 1.82) is 0 Å². The quantitative estimate of drug-likeness (QED) is 0.323. The first-order valence-corrected chi connectivity index (χ1v) is 4.90. The smallest absolute Gasteiger partial charge is 0.0160 e. The Morgan fingerprint density at radius 3 is 1.00 bits per heavy atom.